The van der Waals surface area contributed by atoms with Crippen LogP contribution >= 0.6 is 0 Å². The van der Waals surface area contributed by atoms with E-state index in [1.54, 1.807) is 0 Å². The van der Waals surface area contributed by atoms with Crippen molar-refractivity contribution in [1.82, 2.24) is 9.80 Å². The standard InChI is InChI=1S/C9H15N3O4/c10-2-1-3-11-4-5-12(6-7(13)14)9(16)8(11)15/h1-6,10H2,(H,13,14). The number of hydrogen-bond donors (Lipinski definition) is 2. The van der Waals surface area contributed by atoms with E-state index in [1.807, 2.05) is 0 Å². The zero-order valence-corrected chi connectivity index (χ0v) is 8.89. The summed E-state index contributed by atoms with van der Waals surface area (Å²) < 4.78 is 0. The number of rotatable bonds is 5. The van der Waals surface area contributed by atoms with Crippen LogP contribution in [0.4, 0.5) is 0 Å². The third-order valence-electron chi connectivity index (χ3n) is 2.36. The number of nitrogens with zero attached hydrogens (tertiary/aromatic N) is 2. The van der Waals surface area contributed by atoms with Crippen molar-refractivity contribution in [2.24, 2.45) is 5.73 Å². The molecule has 1 aliphatic heterocycles. The Labute approximate surface area is 92.8 Å². The molecule has 16 heavy (non-hydrogen) atoms. The van der Waals surface area contributed by atoms with Gasteiger partial charge in [0.05, 0.1) is 0 Å². The third kappa shape index (κ3) is 2.93. The van der Waals surface area contributed by atoms with Gasteiger partial charge in [0.1, 0.15) is 6.54 Å². The van der Waals surface area contributed by atoms with E-state index < -0.39 is 24.3 Å². The Morgan fingerprint density at radius 2 is 1.81 bits per heavy atom. The molecule has 2 amide bonds. The van der Waals surface area contributed by atoms with Gasteiger partial charge in [-0.15, -0.1) is 0 Å². The fraction of sp³-hybridized carbons (Fsp3) is 0.667. The first-order valence-electron chi connectivity index (χ1n) is 5.06. The average molecular weight is 229 g/mol. The van der Waals surface area contributed by atoms with Gasteiger partial charge in [0.15, 0.2) is 0 Å². The highest BCUT2D eigenvalue weighted by atomic mass is 16.4. The monoisotopic (exact) mass is 229 g/mol. The average Bonchev–Trinajstić information content (AvgIpc) is 2.23. The Kier molecular flexibility index (Phi) is 4.24. The minimum atomic E-state index is -1.11. The second kappa shape index (κ2) is 5.45. The molecule has 1 fully saturated rings. The largest absolute Gasteiger partial charge is 0.480 e. The third-order valence-corrected chi connectivity index (χ3v) is 2.36. The number of carbonyl (C=O) groups excluding carboxylic acids is 2. The highest BCUT2D eigenvalue weighted by Crippen LogP contribution is 2.05. The maximum absolute atomic E-state index is 11.5. The van der Waals surface area contributed by atoms with Crippen LogP contribution in [0.3, 0.4) is 0 Å². The Bertz CT molecular complexity index is 305. The molecule has 0 aromatic heterocycles. The van der Waals surface area contributed by atoms with E-state index in [0.717, 1.165) is 4.90 Å². The van der Waals surface area contributed by atoms with Crippen molar-refractivity contribution in [3.63, 3.8) is 0 Å². The summed E-state index contributed by atoms with van der Waals surface area (Å²) in [7, 11) is 0. The molecule has 0 aromatic carbocycles. The van der Waals surface area contributed by atoms with Crippen LogP contribution in [0.25, 0.3) is 0 Å². The van der Waals surface area contributed by atoms with E-state index in [-0.39, 0.29) is 6.54 Å². The Morgan fingerprint density at radius 1 is 1.25 bits per heavy atom. The van der Waals surface area contributed by atoms with E-state index >= 15 is 0 Å². The zero-order valence-electron chi connectivity index (χ0n) is 8.89. The highest BCUT2D eigenvalue weighted by molar-refractivity contribution is 6.35. The summed E-state index contributed by atoms with van der Waals surface area (Å²) in [5.74, 6) is -2.50. The van der Waals surface area contributed by atoms with Crippen LogP contribution in [0.2, 0.25) is 0 Å². The molecule has 0 spiro atoms. The van der Waals surface area contributed by atoms with E-state index in [1.165, 1.54) is 4.90 Å². The zero-order chi connectivity index (χ0) is 12.1. The summed E-state index contributed by atoms with van der Waals surface area (Å²) >= 11 is 0. The van der Waals surface area contributed by atoms with Crippen molar-refractivity contribution in [1.29, 1.82) is 0 Å². The number of piperazine rings is 1. The van der Waals surface area contributed by atoms with Crippen LogP contribution in [0, 0.1) is 0 Å². The van der Waals surface area contributed by atoms with Crippen LogP contribution in [0.5, 0.6) is 0 Å². The van der Waals surface area contributed by atoms with Crippen molar-refractivity contribution in [2.75, 3.05) is 32.7 Å². The van der Waals surface area contributed by atoms with Gasteiger partial charge in [-0.05, 0) is 13.0 Å². The number of aliphatic carboxylic acids is 1. The fourth-order valence-electron chi connectivity index (χ4n) is 1.52. The van der Waals surface area contributed by atoms with E-state index in [2.05, 4.69) is 0 Å². The fourth-order valence-corrected chi connectivity index (χ4v) is 1.52. The molecule has 7 nitrogen and oxygen atoms in total. The molecule has 1 rings (SSSR count). The van der Waals surface area contributed by atoms with Gasteiger partial charge in [-0.25, -0.2) is 0 Å². The molecule has 0 unspecified atom stereocenters. The molecule has 0 aromatic rings. The van der Waals surface area contributed by atoms with Crippen molar-refractivity contribution >= 4 is 17.8 Å². The van der Waals surface area contributed by atoms with Crippen LogP contribution in [-0.4, -0.2) is 65.4 Å². The normalized spacial score (nSPS) is 16.8. The molecular weight excluding hydrogens is 214 g/mol. The van der Waals surface area contributed by atoms with E-state index in [0.29, 0.717) is 26.1 Å². The van der Waals surface area contributed by atoms with Gasteiger partial charge in [0.25, 0.3) is 0 Å². The first-order valence-corrected chi connectivity index (χ1v) is 5.06. The lowest BCUT2D eigenvalue weighted by molar-refractivity contribution is -0.158. The lowest BCUT2D eigenvalue weighted by atomic mass is 10.2. The summed E-state index contributed by atoms with van der Waals surface area (Å²) in [6.45, 7) is 1.12. The molecule has 1 heterocycles. The molecule has 3 N–H and O–H groups in total. The number of carboxylic acid groups (broad SMARTS) is 1. The molecule has 0 aliphatic carbocycles. The van der Waals surface area contributed by atoms with Gasteiger partial charge in [0, 0.05) is 19.6 Å². The van der Waals surface area contributed by atoms with Gasteiger partial charge < -0.3 is 20.6 Å². The predicted octanol–water partition coefficient (Wildman–Crippen LogP) is -1.91. The van der Waals surface area contributed by atoms with Crippen molar-refractivity contribution in [2.45, 2.75) is 6.42 Å². The molecule has 0 bridgehead atoms. The van der Waals surface area contributed by atoms with Crippen molar-refractivity contribution < 1.29 is 19.5 Å². The lowest BCUT2D eigenvalue weighted by Crippen LogP contribution is -2.55. The number of carbonyl (C=O) groups is 3. The highest BCUT2D eigenvalue weighted by Gasteiger charge is 2.32. The van der Waals surface area contributed by atoms with Gasteiger partial charge in [-0.3, -0.25) is 14.4 Å². The molecule has 90 valence electrons. The lowest BCUT2D eigenvalue weighted by Gasteiger charge is -2.32. The SMILES string of the molecule is NCCCN1CCN(CC(=O)O)C(=O)C1=O. The second-order valence-corrected chi connectivity index (χ2v) is 3.55. The smallest absolute Gasteiger partial charge is 0.323 e. The van der Waals surface area contributed by atoms with Crippen LogP contribution in [0.1, 0.15) is 6.42 Å². The van der Waals surface area contributed by atoms with Crippen LogP contribution in [-0.2, 0) is 14.4 Å². The quantitative estimate of drug-likeness (QED) is 0.535. The predicted molar refractivity (Wildman–Crippen MR) is 54.5 cm³/mol. The van der Waals surface area contributed by atoms with E-state index in [4.69, 9.17) is 10.8 Å². The molecule has 0 atom stereocenters. The molecule has 1 aliphatic rings. The number of hydrogen-bond acceptors (Lipinski definition) is 4. The topological polar surface area (TPSA) is 104 Å². The molecular formula is C9H15N3O4. The maximum atomic E-state index is 11.5. The minimum absolute atomic E-state index is 0.265. The summed E-state index contributed by atoms with van der Waals surface area (Å²) in [6, 6.07) is 0. The van der Waals surface area contributed by atoms with Gasteiger partial charge >= 0.3 is 17.8 Å². The maximum Gasteiger partial charge on any atom is 0.323 e. The summed E-state index contributed by atoms with van der Waals surface area (Å²) in [4.78, 5) is 35.9. The Hall–Kier alpha value is -1.63. The molecule has 1 saturated heterocycles. The summed E-state index contributed by atoms with van der Waals surface area (Å²) in [6.07, 6.45) is 0.637. The first kappa shape index (κ1) is 12.4. The number of amides is 2. The number of carboxylic acids is 1. The van der Waals surface area contributed by atoms with Gasteiger partial charge in [-0.1, -0.05) is 0 Å². The minimum Gasteiger partial charge on any atom is -0.480 e. The van der Waals surface area contributed by atoms with Crippen LogP contribution in [0.15, 0.2) is 0 Å². The first-order chi connectivity index (χ1) is 7.56. The molecule has 0 saturated carbocycles. The second-order valence-electron chi connectivity index (χ2n) is 3.55. The molecule has 7 heteroatoms. The van der Waals surface area contributed by atoms with Gasteiger partial charge in [-0.2, -0.15) is 0 Å². The summed E-state index contributed by atoms with van der Waals surface area (Å²) in [5.41, 5.74) is 5.31. The van der Waals surface area contributed by atoms with Crippen molar-refractivity contribution in [3.05, 3.63) is 0 Å². The number of nitrogens with two attached hydrogens (primary N) is 1. The van der Waals surface area contributed by atoms with E-state index in [9.17, 15) is 14.4 Å². The van der Waals surface area contributed by atoms with Crippen molar-refractivity contribution in [3.8, 4) is 0 Å². The Morgan fingerprint density at radius 3 is 2.38 bits per heavy atom. The Balaban J connectivity index is 2.54. The summed E-state index contributed by atoms with van der Waals surface area (Å²) in [5, 5.41) is 8.54. The molecule has 0 radical (unpaired) electrons. The van der Waals surface area contributed by atoms with Crippen LogP contribution < -0.4 is 5.73 Å². The van der Waals surface area contributed by atoms with Gasteiger partial charge in [0.2, 0.25) is 0 Å².